The van der Waals surface area contributed by atoms with Gasteiger partial charge < -0.3 is 10.5 Å². The first-order valence-corrected chi connectivity index (χ1v) is 6.31. The Morgan fingerprint density at radius 3 is 2.61 bits per heavy atom. The van der Waals surface area contributed by atoms with Gasteiger partial charge in [0.1, 0.15) is 0 Å². The first-order chi connectivity index (χ1) is 8.36. The maximum absolute atomic E-state index is 11.7. The number of rotatable bonds is 5. The number of carbonyl (C=O) groups excluding carboxylic acids is 2. The lowest BCUT2D eigenvalue weighted by Crippen LogP contribution is -2.33. The van der Waals surface area contributed by atoms with Gasteiger partial charge in [0.2, 0.25) is 15.9 Å². The van der Waals surface area contributed by atoms with Crippen molar-refractivity contribution >= 4 is 21.9 Å². The van der Waals surface area contributed by atoms with Gasteiger partial charge in [-0.2, -0.15) is 0 Å². The van der Waals surface area contributed by atoms with E-state index in [9.17, 15) is 18.0 Å². The number of methoxy groups -OCH3 is 1. The molecule has 0 fully saturated rings. The Hall–Kier alpha value is -1.93. The second-order valence-electron chi connectivity index (χ2n) is 3.31. The minimum atomic E-state index is -3.88. The molecule has 1 aromatic carbocycles. The molecule has 0 aromatic heterocycles. The normalized spacial score (nSPS) is 10.9. The summed E-state index contributed by atoms with van der Waals surface area (Å²) in [6.07, 6.45) is 0. The van der Waals surface area contributed by atoms with E-state index in [2.05, 4.69) is 4.74 Å². The third kappa shape index (κ3) is 3.54. The summed E-state index contributed by atoms with van der Waals surface area (Å²) in [5.74, 6) is -1.45. The van der Waals surface area contributed by atoms with Crippen LogP contribution in [0.3, 0.4) is 0 Å². The Labute approximate surface area is 104 Å². The van der Waals surface area contributed by atoms with Crippen LogP contribution in [0.2, 0.25) is 0 Å². The van der Waals surface area contributed by atoms with E-state index in [1.165, 1.54) is 25.3 Å². The zero-order valence-electron chi connectivity index (χ0n) is 9.54. The van der Waals surface area contributed by atoms with Crippen molar-refractivity contribution in [1.29, 1.82) is 0 Å². The van der Waals surface area contributed by atoms with E-state index in [0.717, 1.165) is 6.07 Å². The van der Waals surface area contributed by atoms with E-state index in [1.54, 1.807) is 0 Å². The van der Waals surface area contributed by atoms with Crippen LogP contribution in [0.15, 0.2) is 29.2 Å². The highest BCUT2D eigenvalue weighted by Gasteiger charge is 2.16. The second-order valence-corrected chi connectivity index (χ2v) is 5.08. The third-order valence-corrected chi connectivity index (χ3v) is 3.40. The molecule has 0 saturated carbocycles. The number of ether oxygens (including phenoxy) is 1. The fourth-order valence-electron chi connectivity index (χ4n) is 1.16. The topological polar surface area (TPSA) is 116 Å². The number of benzene rings is 1. The maximum atomic E-state index is 11.7. The van der Waals surface area contributed by atoms with Gasteiger partial charge in [0.15, 0.2) is 0 Å². The van der Waals surface area contributed by atoms with Gasteiger partial charge in [-0.25, -0.2) is 17.9 Å². The Kier molecular flexibility index (Phi) is 4.40. The molecule has 1 aromatic rings. The fraction of sp³-hybridized carbons (Fsp3) is 0.200. The summed E-state index contributed by atoms with van der Waals surface area (Å²) in [6.45, 7) is -0.509. The van der Waals surface area contributed by atoms with Crippen LogP contribution in [0, 0.1) is 0 Å². The standard InChI is InChI=1S/C10H12N2O5S/c1-17-10(14)7-3-2-4-8(5-7)18(15,16)12-6-9(11)13/h2-5,12H,6H2,1H3,(H2,11,13). The van der Waals surface area contributed by atoms with E-state index in [1.807, 2.05) is 4.72 Å². The van der Waals surface area contributed by atoms with Gasteiger partial charge in [0.05, 0.1) is 24.1 Å². The number of esters is 1. The van der Waals surface area contributed by atoms with Gasteiger partial charge in [-0.15, -0.1) is 0 Å². The molecule has 0 radical (unpaired) electrons. The van der Waals surface area contributed by atoms with Crippen molar-refractivity contribution < 1.29 is 22.7 Å². The fourth-order valence-corrected chi connectivity index (χ4v) is 2.20. The van der Waals surface area contributed by atoms with E-state index < -0.39 is 28.4 Å². The molecule has 1 amide bonds. The van der Waals surface area contributed by atoms with Crippen molar-refractivity contribution in [1.82, 2.24) is 4.72 Å². The minimum absolute atomic E-state index is 0.0967. The number of sulfonamides is 1. The summed E-state index contributed by atoms with van der Waals surface area (Å²) < 4.78 is 29.9. The Bertz CT molecular complexity index is 567. The first kappa shape index (κ1) is 14.1. The van der Waals surface area contributed by atoms with Crippen LogP contribution in [0.1, 0.15) is 10.4 Å². The van der Waals surface area contributed by atoms with Crippen molar-refractivity contribution in [3.8, 4) is 0 Å². The SMILES string of the molecule is COC(=O)c1cccc(S(=O)(=O)NCC(N)=O)c1. The van der Waals surface area contributed by atoms with Crippen molar-refractivity contribution in [2.24, 2.45) is 5.73 Å². The molecule has 0 bridgehead atoms. The Balaban J connectivity index is 3.02. The highest BCUT2D eigenvalue weighted by molar-refractivity contribution is 7.89. The number of amides is 1. The zero-order chi connectivity index (χ0) is 13.8. The molecule has 18 heavy (non-hydrogen) atoms. The average Bonchev–Trinajstić information content (AvgIpc) is 2.35. The monoisotopic (exact) mass is 272 g/mol. The Morgan fingerprint density at radius 2 is 2.06 bits per heavy atom. The van der Waals surface area contributed by atoms with Crippen LogP contribution in [0.5, 0.6) is 0 Å². The molecule has 0 saturated heterocycles. The second kappa shape index (κ2) is 5.61. The largest absolute Gasteiger partial charge is 0.465 e. The molecule has 98 valence electrons. The molecule has 0 spiro atoms. The first-order valence-electron chi connectivity index (χ1n) is 4.83. The van der Waals surface area contributed by atoms with Crippen LogP contribution < -0.4 is 10.5 Å². The number of nitrogens with two attached hydrogens (primary N) is 1. The van der Waals surface area contributed by atoms with Crippen LogP contribution >= 0.6 is 0 Å². The summed E-state index contributed by atoms with van der Waals surface area (Å²) in [5.41, 5.74) is 4.93. The van der Waals surface area contributed by atoms with E-state index >= 15 is 0 Å². The van der Waals surface area contributed by atoms with Crippen LogP contribution in [0.4, 0.5) is 0 Å². The molecule has 3 N–H and O–H groups in total. The molecule has 1 rings (SSSR count). The molecular formula is C10H12N2O5S. The number of hydrogen-bond acceptors (Lipinski definition) is 5. The van der Waals surface area contributed by atoms with Gasteiger partial charge >= 0.3 is 5.97 Å². The summed E-state index contributed by atoms with van der Waals surface area (Å²) in [5, 5.41) is 0. The molecule has 7 nitrogen and oxygen atoms in total. The molecule has 0 aliphatic carbocycles. The lowest BCUT2D eigenvalue weighted by Gasteiger charge is -2.06. The molecule has 0 aliphatic heterocycles. The van der Waals surface area contributed by atoms with Crippen LogP contribution in [-0.4, -0.2) is 33.9 Å². The van der Waals surface area contributed by atoms with Crippen molar-refractivity contribution in [3.63, 3.8) is 0 Å². The summed E-state index contributed by atoms with van der Waals surface area (Å²) >= 11 is 0. The van der Waals surface area contributed by atoms with Crippen molar-refractivity contribution in [3.05, 3.63) is 29.8 Å². The number of nitrogens with one attached hydrogen (secondary N) is 1. The average molecular weight is 272 g/mol. The summed E-state index contributed by atoms with van der Waals surface area (Å²) in [6, 6.07) is 5.24. The highest BCUT2D eigenvalue weighted by atomic mass is 32.2. The number of hydrogen-bond donors (Lipinski definition) is 2. The van der Waals surface area contributed by atoms with E-state index in [-0.39, 0.29) is 10.5 Å². The number of primary amides is 1. The molecule has 0 unspecified atom stereocenters. The zero-order valence-corrected chi connectivity index (χ0v) is 10.4. The smallest absolute Gasteiger partial charge is 0.337 e. The predicted molar refractivity (Wildman–Crippen MR) is 62.2 cm³/mol. The lowest BCUT2D eigenvalue weighted by molar-refractivity contribution is -0.116. The van der Waals surface area contributed by atoms with Crippen LogP contribution in [0.25, 0.3) is 0 Å². The molecule has 0 atom stereocenters. The molecule has 8 heteroatoms. The van der Waals surface area contributed by atoms with E-state index in [4.69, 9.17) is 5.73 Å². The van der Waals surface area contributed by atoms with Gasteiger partial charge in [-0.05, 0) is 18.2 Å². The summed E-state index contributed by atoms with van der Waals surface area (Å²) in [7, 11) is -2.69. The minimum Gasteiger partial charge on any atom is -0.465 e. The Morgan fingerprint density at radius 1 is 1.39 bits per heavy atom. The van der Waals surface area contributed by atoms with Crippen molar-refractivity contribution in [2.75, 3.05) is 13.7 Å². The van der Waals surface area contributed by atoms with Gasteiger partial charge in [0, 0.05) is 0 Å². The van der Waals surface area contributed by atoms with Crippen molar-refractivity contribution in [2.45, 2.75) is 4.90 Å². The van der Waals surface area contributed by atoms with Gasteiger partial charge in [-0.1, -0.05) is 6.07 Å². The maximum Gasteiger partial charge on any atom is 0.337 e. The quantitative estimate of drug-likeness (QED) is 0.683. The third-order valence-electron chi connectivity index (χ3n) is 2.00. The lowest BCUT2D eigenvalue weighted by atomic mass is 10.2. The van der Waals surface area contributed by atoms with E-state index in [0.29, 0.717) is 0 Å². The van der Waals surface area contributed by atoms with Gasteiger partial charge in [0.25, 0.3) is 0 Å². The van der Waals surface area contributed by atoms with Crippen LogP contribution in [-0.2, 0) is 19.6 Å². The van der Waals surface area contributed by atoms with Gasteiger partial charge in [-0.3, -0.25) is 4.79 Å². The predicted octanol–water partition coefficient (Wildman–Crippen LogP) is -0.763. The molecule has 0 heterocycles. The highest BCUT2D eigenvalue weighted by Crippen LogP contribution is 2.11. The molecular weight excluding hydrogens is 260 g/mol. The number of carbonyl (C=O) groups is 2. The summed E-state index contributed by atoms with van der Waals surface area (Å²) in [4.78, 5) is 21.6. The molecule has 0 aliphatic rings.